The number of nitro benzene ring substituents is 1. The van der Waals surface area contributed by atoms with Crippen molar-refractivity contribution >= 4 is 35.0 Å². The lowest BCUT2D eigenvalue weighted by atomic mass is 10.1. The van der Waals surface area contributed by atoms with E-state index in [1.807, 2.05) is 23.6 Å². The third-order valence-electron chi connectivity index (χ3n) is 5.44. The first-order valence-corrected chi connectivity index (χ1v) is 12.1. The predicted octanol–water partition coefficient (Wildman–Crippen LogP) is 5.92. The van der Waals surface area contributed by atoms with Crippen molar-refractivity contribution < 1.29 is 9.72 Å². The van der Waals surface area contributed by atoms with E-state index < -0.39 is 11.0 Å². The average Bonchev–Trinajstić information content (AvgIpc) is 3.28. The van der Waals surface area contributed by atoms with Crippen molar-refractivity contribution in [2.45, 2.75) is 30.8 Å². The summed E-state index contributed by atoms with van der Waals surface area (Å²) < 4.78 is 1.82. The second-order valence-electron chi connectivity index (χ2n) is 7.87. The largest absolute Gasteiger partial charge is 0.342 e. The van der Waals surface area contributed by atoms with Gasteiger partial charge in [-0.3, -0.25) is 19.5 Å². The number of nitrogens with one attached hydrogen (secondary N) is 1. The number of hydrogen-bond donors (Lipinski definition) is 1. The first kappa shape index (κ1) is 24.4. The predicted molar refractivity (Wildman–Crippen MR) is 136 cm³/mol. The molecule has 8 nitrogen and oxygen atoms in total. The molecular formula is C25H22ClN5O3S. The minimum atomic E-state index is -0.492. The number of nitrogens with zero attached hydrogens (tertiary/aromatic N) is 4. The van der Waals surface area contributed by atoms with Crippen molar-refractivity contribution in [2.75, 3.05) is 0 Å². The van der Waals surface area contributed by atoms with Crippen LogP contribution in [0.15, 0.2) is 78.0 Å². The number of thioether (sulfide) groups is 1. The molecule has 4 aromatic rings. The van der Waals surface area contributed by atoms with E-state index >= 15 is 0 Å². The highest BCUT2D eigenvalue weighted by Crippen LogP contribution is 2.29. The molecule has 35 heavy (non-hydrogen) atoms. The lowest BCUT2D eigenvalue weighted by Gasteiger charge is -2.16. The summed E-state index contributed by atoms with van der Waals surface area (Å²) in [6.07, 6.45) is 0. The van der Waals surface area contributed by atoms with Crippen molar-refractivity contribution in [1.82, 2.24) is 20.1 Å². The molecule has 0 saturated carbocycles. The third-order valence-corrected chi connectivity index (χ3v) is 6.67. The van der Waals surface area contributed by atoms with Crippen LogP contribution in [0.3, 0.4) is 0 Å². The zero-order valence-electron chi connectivity index (χ0n) is 19.0. The molecule has 0 bridgehead atoms. The second-order valence-corrected chi connectivity index (χ2v) is 9.25. The second kappa shape index (κ2) is 10.7. The van der Waals surface area contributed by atoms with Crippen LogP contribution in [0.1, 0.15) is 40.3 Å². The molecule has 1 unspecified atom stereocenters. The van der Waals surface area contributed by atoms with E-state index in [9.17, 15) is 14.9 Å². The number of aryl methyl sites for hydroxylation is 1. The molecule has 3 aromatic carbocycles. The lowest BCUT2D eigenvalue weighted by molar-refractivity contribution is -0.384. The van der Waals surface area contributed by atoms with E-state index in [0.29, 0.717) is 33.0 Å². The summed E-state index contributed by atoms with van der Waals surface area (Å²) in [6, 6.07) is 20.4. The van der Waals surface area contributed by atoms with Crippen LogP contribution >= 0.6 is 23.4 Å². The summed E-state index contributed by atoms with van der Waals surface area (Å²) in [6.45, 7) is 3.87. The van der Waals surface area contributed by atoms with Gasteiger partial charge in [0.1, 0.15) is 0 Å². The maximum atomic E-state index is 12.8. The van der Waals surface area contributed by atoms with Gasteiger partial charge in [-0.25, -0.2) is 0 Å². The number of benzene rings is 3. The maximum Gasteiger partial charge on any atom is 0.269 e. The average molecular weight is 508 g/mol. The number of amides is 1. The first-order valence-electron chi connectivity index (χ1n) is 10.8. The van der Waals surface area contributed by atoms with Crippen LogP contribution in [0.4, 0.5) is 5.69 Å². The number of carbonyl (C=O) groups excluding carboxylic acids is 1. The molecule has 4 rings (SSSR count). The number of non-ortho nitro benzene ring substituents is 1. The number of rotatable bonds is 8. The van der Waals surface area contributed by atoms with Crippen LogP contribution in [-0.4, -0.2) is 25.6 Å². The molecule has 0 fully saturated rings. The van der Waals surface area contributed by atoms with E-state index in [0.717, 1.165) is 0 Å². The van der Waals surface area contributed by atoms with Crippen molar-refractivity contribution in [3.8, 4) is 5.69 Å². The smallest absolute Gasteiger partial charge is 0.269 e. The van der Waals surface area contributed by atoms with Gasteiger partial charge in [0.2, 0.25) is 0 Å². The van der Waals surface area contributed by atoms with Crippen molar-refractivity contribution in [2.24, 2.45) is 0 Å². The van der Waals surface area contributed by atoms with E-state index in [4.69, 9.17) is 11.6 Å². The minimum Gasteiger partial charge on any atom is -0.342 e. The normalized spacial score (nSPS) is 11.7. The SMILES string of the molecule is Cc1ccccc1CSc1nnc(C(C)NC(=O)c2ccc(Cl)cc2)n1-c1ccc([N+](=O)[O-])cc1. The minimum absolute atomic E-state index is 0.0124. The molecule has 1 aromatic heterocycles. The van der Waals surface area contributed by atoms with Crippen LogP contribution < -0.4 is 5.32 Å². The van der Waals surface area contributed by atoms with Crippen molar-refractivity contribution in [3.63, 3.8) is 0 Å². The Labute approximate surface area is 211 Å². The van der Waals surface area contributed by atoms with E-state index in [-0.39, 0.29) is 11.6 Å². The highest BCUT2D eigenvalue weighted by molar-refractivity contribution is 7.98. The summed E-state index contributed by atoms with van der Waals surface area (Å²) in [5.41, 5.74) is 3.46. The van der Waals surface area contributed by atoms with Gasteiger partial charge in [-0.05, 0) is 61.4 Å². The Kier molecular flexibility index (Phi) is 7.48. The van der Waals surface area contributed by atoms with Gasteiger partial charge >= 0.3 is 0 Å². The van der Waals surface area contributed by atoms with E-state index in [1.165, 1.54) is 35.0 Å². The Morgan fingerprint density at radius 2 is 1.77 bits per heavy atom. The summed E-state index contributed by atoms with van der Waals surface area (Å²) in [4.78, 5) is 23.4. The van der Waals surface area contributed by atoms with Crippen LogP contribution in [0, 0.1) is 17.0 Å². The van der Waals surface area contributed by atoms with Gasteiger partial charge in [-0.15, -0.1) is 10.2 Å². The Bertz CT molecular complexity index is 1360. The Morgan fingerprint density at radius 3 is 2.43 bits per heavy atom. The molecule has 10 heteroatoms. The summed E-state index contributed by atoms with van der Waals surface area (Å²) in [5, 5.41) is 24.0. The zero-order chi connectivity index (χ0) is 24.9. The van der Waals surface area contributed by atoms with Crippen LogP contribution in [0.5, 0.6) is 0 Å². The quantitative estimate of drug-likeness (QED) is 0.180. The highest BCUT2D eigenvalue weighted by Gasteiger charge is 2.22. The topological polar surface area (TPSA) is 103 Å². The number of hydrogen-bond acceptors (Lipinski definition) is 6. The van der Waals surface area contributed by atoms with Crippen LogP contribution in [0.25, 0.3) is 5.69 Å². The molecule has 1 heterocycles. The Morgan fingerprint density at radius 1 is 1.09 bits per heavy atom. The first-order chi connectivity index (χ1) is 16.8. The van der Waals surface area contributed by atoms with Gasteiger partial charge < -0.3 is 5.32 Å². The van der Waals surface area contributed by atoms with Gasteiger partial charge in [0.15, 0.2) is 11.0 Å². The van der Waals surface area contributed by atoms with Crippen molar-refractivity contribution in [1.29, 1.82) is 0 Å². The summed E-state index contributed by atoms with van der Waals surface area (Å²) >= 11 is 7.43. The molecule has 178 valence electrons. The molecular weight excluding hydrogens is 486 g/mol. The Hall–Kier alpha value is -3.69. The number of halogens is 1. The van der Waals surface area contributed by atoms with Gasteiger partial charge in [0.05, 0.1) is 11.0 Å². The van der Waals surface area contributed by atoms with Gasteiger partial charge in [-0.1, -0.05) is 47.6 Å². The van der Waals surface area contributed by atoms with Gasteiger partial charge in [-0.2, -0.15) is 0 Å². The maximum absolute atomic E-state index is 12.8. The third kappa shape index (κ3) is 5.70. The van der Waals surface area contributed by atoms with E-state index in [1.54, 1.807) is 36.4 Å². The number of carbonyl (C=O) groups is 1. The molecule has 1 amide bonds. The molecule has 0 radical (unpaired) electrons. The fourth-order valence-corrected chi connectivity index (χ4v) is 4.64. The van der Waals surface area contributed by atoms with Crippen LogP contribution in [-0.2, 0) is 5.75 Å². The van der Waals surface area contributed by atoms with Gasteiger partial charge in [0, 0.05) is 34.2 Å². The molecule has 0 aliphatic heterocycles. The molecule has 1 N–H and O–H groups in total. The zero-order valence-corrected chi connectivity index (χ0v) is 20.6. The summed E-state index contributed by atoms with van der Waals surface area (Å²) in [7, 11) is 0. The molecule has 0 spiro atoms. The van der Waals surface area contributed by atoms with Crippen LogP contribution in [0.2, 0.25) is 5.02 Å². The molecule has 1 atom stereocenters. The standard InChI is InChI=1S/C25H22ClN5O3S/c1-16-5-3-4-6-19(16)15-35-25-29-28-23(30(25)21-11-13-22(14-12-21)31(33)34)17(2)27-24(32)18-7-9-20(26)10-8-18/h3-14,17H,15H2,1-2H3,(H,27,32). The molecule has 0 aliphatic carbocycles. The highest BCUT2D eigenvalue weighted by atomic mass is 35.5. The molecule has 0 saturated heterocycles. The van der Waals surface area contributed by atoms with E-state index in [2.05, 4.69) is 34.6 Å². The summed E-state index contributed by atoms with van der Waals surface area (Å²) in [5.74, 6) is 0.901. The number of nitro groups is 1. The lowest BCUT2D eigenvalue weighted by Crippen LogP contribution is -2.28. The molecule has 0 aliphatic rings. The number of aromatic nitrogens is 3. The van der Waals surface area contributed by atoms with Crippen molar-refractivity contribution in [3.05, 3.63) is 110 Å². The monoisotopic (exact) mass is 507 g/mol. The fraction of sp³-hybridized carbons (Fsp3) is 0.160. The Balaban J connectivity index is 1.65. The van der Waals surface area contributed by atoms with Gasteiger partial charge in [0.25, 0.3) is 11.6 Å². The fourth-order valence-electron chi connectivity index (χ4n) is 3.48.